The number of nitrogen functional groups attached to an aromatic ring is 1. The number of unbranched alkanes of at least 4 members (excludes halogenated alkanes) is 3. The van der Waals surface area contributed by atoms with E-state index in [2.05, 4.69) is 50.8 Å². The van der Waals surface area contributed by atoms with Crippen LogP contribution in [0.1, 0.15) is 79.6 Å². The van der Waals surface area contributed by atoms with Gasteiger partial charge < -0.3 is 30.9 Å². The molecule has 0 radical (unpaired) electrons. The van der Waals surface area contributed by atoms with Crippen molar-refractivity contribution in [2.24, 2.45) is 0 Å². The maximum Gasteiger partial charge on any atom is 0.224 e. The molecule has 5 N–H and O–H groups in total. The van der Waals surface area contributed by atoms with Crippen molar-refractivity contribution in [2.45, 2.75) is 76.6 Å². The van der Waals surface area contributed by atoms with Gasteiger partial charge >= 0.3 is 0 Å². The Morgan fingerprint density at radius 2 is 1.38 bits per heavy atom. The molecule has 2 fully saturated rings. The van der Waals surface area contributed by atoms with Crippen LogP contribution < -0.4 is 16.4 Å². The first kappa shape index (κ1) is 38.2. The topological polar surface area (TPSA) is 129 Å². The summed E-state index contributed by atoms with van der Waals surface area (Å²) in [6.07, 6.45) is 3.95. The van der Waals surface area contributed by atoms with Crippen LogP contribution in [-0.4, -0.2) is 65.5 Å². The number of rotatable bonds is 16. The van der Waals surface area contributed by atoms with Crippen LogP contribution in [0.2, 0.25) is 0 Å². The number of benzene rings is 4. The number of hydrogen-bond acceptors (Lipinski definition) is 8. The summed E-state index contributed by atoms with van der Waals surface area (Å²) in [6, 6.07) is 33.6. The molecule has 10 heteroatoms. The van der Waals surface area contributed by atoms with Crippen LogP contribution in [0.4, 0.5) is 17.1 Å². The van der Waals surface area contributed by atoms with Crippen molar-refractivity contribution in [2.75, 3.05) is 49.1 Å². The van der Waals surface area contributed by atoms with E-state index in [0.717, 1.165) is 88.1 Å². The minimum Gasteiger partial charge on any atom is -0.397 e. The van der Waals surface area contributed by atoms with E-state index in [1.165, 1.54) is 5.56 Å². The van der Waals surface area contributed by atoms with Crippen LogP contribution >= 0.6 is 0 Å². The summed E-state index contributed by atoms with van der Waals surface area (Å²) in [4.78, 5) is 30.2. The number of para-hydroxylation sites is 2. The van der Waals surface area contributed by atoms with Crippen molar-refractivity contribution in [1.82, 2.24) is 9.80 Å². The molecule has 3 atom stereocenters. The molecule has 6 rings (SSSR count). The van der Waals surface area contributed by atoms with Gasteiger partial charge in [-0.15, -0.1) is 0 Å². The Bertz CT molecular complexity index is 1750. The van der Waals surface area contributed by atoms with Crippen LogP contribution in [-0.2, 0) is 32.2 Å². The number of ether oxygens (including phenoxy) is 2. The molecule has 0 spiro atoms. The third-order valence-electron chi connectivity index (χ3n) is 10.0. The third-order valence-corrected chi connectivity index (χ3v) is 10.0. The first-order valence-electron chi connectivity index (χ1n) is 19.0. The average Bonchev–Trinajstić information content (AvgIpc) is 3.18. The monoisotopic (exact) mass is 719 g/mol. The van der Waals surface area contributed by atoms with Gasteiger partial charge in [0.25, 0.3) is 0 Å². The van der Waals surface area contributed by atoms with Gasteiger partial charge in [-0.2, -0.15) is 0 Å². The first-order chi connectivity index (χ1) is 25.9. The summed E-state index contributed by atoms with van der Waals surface area (Å²) in [6.45, 7) is 5.76. The molecule has 4 aromatic carbocycles. The van der Waals surface area contributed by atoms with Crippen molar-refractivity contribution in [3.05, 3.63) is 125 Å². The van der Waals surface area contributed by atoms with Crippen molar-refractivity contribution in [1.29, 1.82) is 0 Å². The van der Waals surface area contributed by atoms with E-state index in [4.69, 9.17) is 15.2 Å². The van der Waals surface area contributed by atoms with Crippen LogP contribution in [0.15, 0.2) is 103 Å². The quantitative estimate of drug-likeness (QED) is 0.0717. The molecule has 2 heterocycles. The maximum atomic E-state index is 12.9. The molecule has 0 unspecified atom stereocenters. The number of piperazine rings is 1. The van der Waals surface area contributed by atoms with E-state index in [0.29, 0.717) is 29.9 Å². The van der Waals surface area contributed by atoms with E-state index in [9.17, 15) is 14.7 Å². The fraction of sp³-hybridized carbons (Fsp3) is 0.395. The minimum atomic E-state index is -0.594. The number of carbonyl (C=O) groups is 2. The van der Waals surface area contributed by atoms with Gasteiger partial charge in [0.05, 0.1) is 30.2 Å². The molecule has 0 aliphatic carbocycles. The lowest BCUT2D eigenvalue weighted by molar-refractivity contribution is -0.253. The fourth-order valence-corrected chi connectivity index (χ4v) is 7.03. The van der Waals surface area contributed by atoms with E-state index in [1.54, 1.807) is 12.1 Å². The van der Waals surface area contributed by atoms with E-state index >= 15 is 0 Å². The Morgan fingerprint density at radius 1 is 0.698 bits per heavy atom. The number of carbonyl (C=O) groups excluding carboxylic acids is 2. The molecule has 0 bridgehead atoms. The fourth-order valence-electron chi connectivity index (χ4n) is 7.03. The SMILES string of the molecule is Nc1ccccc1NC(=O)CCCCCCC(=O)Nc1cccc([C@H]2O[C@@H](CN3CCN(Cc4ccccc4)CC3)C[C@@H](c3ccc(CO)cc3)O2)c1. The molecule has 10 nitrogen and oxygen atoms in total. The lowest BCUT2D eigenvalue weighted by Gasteiger charge is -2.41. The second-order valence-electron chi connectivity index (χ2n) is 14.1. The van der Waals surface area contributed by atoms with Gasteiger partial charge in [0, 0.05) is 69.8 Å². The highest BCUT2D eigenvalue weighted by molar-refractivity contribution is 5.93. The second kappa shape index (κ2) is 19.5. The van der Waals surface area contributed by atoms with Gasteiger partial charge in [-0.05, 0) is 53.8 Å². The first-order valence-corrected chi connectivity index (χ1v) is 19.0. The van der Waals surface area contributed by atoms with Crippen LogP contribution in [0.3, 0.4) is 0 Å². The zero-order valence-electron chi connectivity index (χ0n) is 30.5. The number of aliphatic hydroxyl groups is 1. The molecule has 53 heavy (non-hydrogen) atoms. The number of hydrogen-bond donors (Lipinski definition) is 4. The number of anilines is 3. The number of nitrogens with one attached hydrogen (secondary N) is 2. The number of nitrogens with zero attached hydrogens (tertiary/aromatic N) is 2. The Balaban J connectivity index is 0.990. The highest BCUT2D eigenvalue weighted by atomic mass is 16.7. The summed E-state index contributed by atoms with van der Waals surface area (Å²) in [5.41, 5.74) is 11.9. The number of amides is 2. The lowest BCUT2D eigenvalue weighted by atomic mass is 9.99. The molecule has 4 aromatic rings. The van der Waals surface area contributed by atoms with E-state index < -0.39 is 6.29 Å². The molecule has 280 valence electrons. The molecular formula is C43H53N5O5. The Hall–Kier alpha value is -4.58. The van der Waals surface area contributed by atoms with Crippen molar-refractivity contribution in [3.63, 3.8) is 0 Å². The van der Waals surface area contributed by atoms with Crippen molar-refractivity contribution >= 4 is 28.9 Å². The van der Waals surface area contributed by atoms with Gasteiger partial charge in [0.2, 0.25) is 11.8 Å². The third kappa shape index (κ3) is 11.7. The maximum absolute atomic E-state index is 12.9. The molecular weight excluding hydrogens is 667 g/mol. The number of aliphatic hydroxyl groups excluding tert-OH is 1. The normalized spacial score (nSPS) is 19.5. The number of nitrogens with two attached hydrogens (primary N) is 1. The minimum absolute atomic E-state index is 0.000891. The van der Waals surface area contributed by atoms with Crippen LogP contribution in [0.5, 0.6) is 0 Å². The summed E-state index contributed by atoms with van der Waals surface area (Å²) in [7, 11) is 0. The molecule has 2 aliphatic heterocycles. The molecule has 0 aromatic heterocycles. The van der Waals surface area contributed by atoms with E-state index in [1.807, 2.05) is 60.7 Å². The standard InChI is InChI=1S/C43H53N5O5/c44-38-15-8-9-16-39(38)46-42(51)18-7-2-1-6-17-41(50)45-36-14-10-13-35(27-36)43-52-37(28-40(53-43)34-21-19-33(31-49)20-22-34)30-48-25-23-47(24-26-48)29-32-11-4-3-5-12-32/h3-5,8-16,19-22,27,37,40,43,49H,1-2,6-7,17-18,23-26,28-31,44H2,(H,45,50)(H,46,51)/t37-,40+,43+/m1/s1. The predicted molar refractivity (Wildman–Crippen MR) is 209 cm³/mol. The van der Waals surface area contributed by atoms with Gasteiger partial charge in [-0.3, -0.25) is 19.4 Å². The van der Waals surface area contributed by atoms with Gasteiger partial charge in [0.1, 0.15) is 0 Å². The zero-order chi connectivity index (χ0) is 36.8. The highest BCUT2D eigenvalue weighted by Crippen LogP contribution is 2.39. The summed E-state index contributed by atoms with van der Waals surface area (Å²) in [5, 5.41) is 15.5. The second-order valence-corrected chi connectivity index (χ2v) is 14.1. The molecule has 0 saturated carbocycles. The lowest BCUT2D eigenvalue weighted by Crippen LogP contribution is -2.49. The highest BCUT2D eigenvalue weighted by Gasteiger charge is 2.34. The van der Waals surface area contributed by atoms with Crippen LogP contribution in [0, 0.1) is 0 Å². The van der Waals surface area contributed by atoms with Gasteiger partial charge in [0.15, 0.2) is 6.29 Å². The largest absolute Gasteiger partial charge is 0.397 e. The van der Waals surface area contributed by atoms with Crippen LogP contribution in [0.25, 0.3) is 0 Å². The summed E-state index contributed by atoms with van der Waals surface area (Å²) >= 11 is 0. The van der Waals surface area contributed by atoms with Gasteiger partial charge in [-0.25, -0.2) is 0 Å². The summed E-state index contributed by atoms with van der Waals surface area (Å²) < 4.78 is 13.2. The smallest absolute Gasteiger partial charge is 0.224 e. The van der Waals surface area contributed by atoms with Gasteiger partial charge in [-0.1, -0.05) is 91.7 Å². The Morgan fingerprint density at radius 3 is 2.09 bits per heavy atom. The average molecular weight is 720 g/mol. The molecule has 2 saturated heterocycles. The Kier molecular flexibility index (Phi) is 14.0. The predicted octanol–water partition coefficient (Wildman–Crippen LogP) is 7.04. The molecule has 2 aliphatic rings. The Labute approximate surface area is 313 Å². The zero-order valence-corrected chi connectivity index (χ0v) is 30.5. The molecule has 2 amide bonds. The van der Waals surface area contributed by atoms with E-state index in [-0.39, 0.29) is 30.6 Å². The van der Waals surface area contributed by atoms with Crippen molar-refractivity contribution < 1.29 is 24.2 Å². The van der Waals surface area contributed by atoms with Crippen molar-refractivity contribution in [3.8, 4) is 0 Å². The summed E-state index contributed by atoms with van der Waals surface area (Å²) in [5.74, 6) is -0.0999.